The average Bonchev–Trinajstić information content (AvgIpc) is 3.20. The summed E-state index contributed by atoms with van der Waals surface area (Å²) in [6.45, 7) is 4.70. The molecule has 140 valence electrons. The maximum absolute atomic E-state index is 6.36. The molecular weight excluding hydrogens is 356 g/mol. The van der Waals surface area contributed by atoms with E-state index in [1.54, 1.807) is 11.8 Å². The van der Waals surface area contributed by atoms with Gasteiger partial charge in [-0.15, -0.1) is 0 Å². The van der Waals surface area contributed by atoms with E-state index in [4.69, 9.17) is 16.6 Å². The molecule has 0 amide bonds. The highest BCUT2D eigenvalue weighted by Crippen LogP contribution is 2.28. The largest absolute Gasteiger partial charge is 0.326 e. The molecule has 0 fully saturated rings. The van der Waals surface area contributed by atoms with Gasteiger partial charge in [0, 0.05) is 17.0 Å². The SMILES string of the molecule is Cc1ccc(C[C@@H](N)CN2N=C(c3ccc4[nH]nc(C)c4c3)SC2N)cc1. The molecule has 2 atom stereocenters. The van der Waals surface area contributed by atoms with Crippen molar-refractivity contribution in [1.29, 1.82) is 0 Å². The normalized spacial score (nSPS) is 18.1. The van der Waals surface area contributed by atoms with Crippen molar-refractivity contribution in [2.45, 2.75) is 31.8 Å². The summed E-state index contributed by atoms with van der Waals surface area (Å²) in [4.78, 5) is 0. The molecule has 0 aliphatic carbocycles. The highest BCUT2D eigenvalue weighted by molar-refractivity contribution is 8.15. The van der Waals surface area contributed by atoms with Gasteiger partial charge in [-0.2, -0.15) is 10.2 Å². The number of H-pyrrole nitrogens is 1. The second kappa shape index (κ2) is 7.34. The molecule has 1 aliphatic rings. The number of aryl methyl sites for hydroxylation is 2. The van der Waals surface area contributed by atoms with Crippen LogP contribution in [0.2, 0.25) is 0 Å². The summed E-state index contributed by atoms with van der Waals surface area (Å²) in [5.74, 6) is 0. The van der Waals surface area contributed by atoms with E-state index in [0.717, 1.165) is 33.6 Å². The van der Waals surface area contributed by atoms with Crippen molar-refractivity contribution in [3.63, 3.8) is 0 Å². The lowest BCUT2D eigenvalue weighted by Gasteiger charge is -2.22. The standard InChI is InChI=1S/C20H24N6S/c1-12-3-5-14(6-4-12)9-16(21)11-26-20(22)27-19(25-26)15-7-8-18-17(10-15)13(2)23-24-18/h3-8,10,16,20H,9,11,21-22H2,1-2H3,(H,23,24)/t16-,20?/m1/s1. The molecule has 1 aliphatic heterocycles. The molecule has 0 saturated heterocycles. The van der Waals surface area contributed by atoms with E-state index in [9.17, 15) is 0 Å². The molecule has 3 aromatic rings. The molecule has 0 saturated carbocycles. The maximum atomic E-state index is 6.36. The number of nitrogens with zero attached hydrogens (tertiary/aromatic N) is 3. The molecule has 0 radical (unpaired) electrons. The Labute approximate surface area is 163 Å². The van der Waals surface area contributed by atoms with Gasteiger partial charge in [-0.3, -0.25) is 10.1 Å². The van der Waals surface area contributed by atoms with Gasteiger partial charge in [0.2, 0.25) is 0 Å². The highest BCUT2D eigenvalue weighted by atomic mass is 32.2. The zero-order valence-electron chi connectivity index (χ0n) is 15.5. The summed E-state index contributed by atoms with van der Waals surface area (Å²) >= 11 is 1.56. The topological polar surface area (TPSA) is 96.3 Å². The number of nitrogens with two attached hydrogens (primary N) is 2. The fourth-order valence-corrected chi connectivity index (χ4v) is 4.15. The lowest BCUT2D eigenvalue weighted by Crippen LogP contribution is -2.42. The fourth-order valence-electron chi connectivity index (χ4n) is 3.25. The predicted molar refractivity (Wildman–Crippen MR) is 112 cm³/mol. The summed E-state index contributed by atoms with van der Waals surface area (Å²) in [5.41, 5.74) is 18.0. The van der Waals surface area contributed by atoms with Crippen molar-refractivity contribution in [3.8, 4) is 0 Å². The summed E-state index contributed by atoms with van der Waals surface area (Å²) in [6, 6.07) is 14.7. The lowest BCUT2D eigenvalue weighted by molar-refractivity contribution is 0.261. The first-order valence-electron chi connectivity index (χ1n) is 9.03. The van der Waals surface area contributed by atoms with Gasteiger partial charge in [0.1, 0.15) is 10.5 Å². The van der Waals surface area contributed by atoms with Crippen molar-refractivity contribution >= 4 is 27.7 Å². The van der Waals surface area contributed by atoms with E-state index in [-0.39, 0.29) is 11.5 Å². The Hall–Kier alpha value is -2.35. The zero-order chi connectivity index (χ0) is 19.0. The third-order valence-electron chi connectivity index (χ3n) is 4.79. The Bertz CT molecular complexity index is 978. The molecule has 2 heterocycles. The second-order valence-corrected chi connectivity index (χ2v) is 8.16. The van der Waals surface area contributed by atoms with Crippen LogP contribution in [0.3, 0.4) is 0 Å². The first-order valence-corrected chi connectivity index (χ1v) is 9.91. The third kappa shape index (κ3) is 3.85. The van der Waals surface area contributed by atoms with E-state index >= 15 is 0 Å². The monoisotopic (exact) mass is 380 g/mol. The van der Waals surface area contributed by atoms with Gasteiger partial charge in [0.25, 0.3) is 0 Å². The van der Waals surface area contributed by atoms with Gasteiger partial charge in [-0.25, -0.2) is 0 Å². The molecule has 5 N–H and O–H groups in total. The lowest BCUT2D eigenvalue weighted by atomic mass is 10.1. The van der Waals surface area contributed by atoms with Crippen molar-refractivity contribution in [2.75, 3.05) is 6.54 Å². The number of aromatic nitrogens is 2. The van der Waals surface area contributed by atoms with Gasteiger partial charge < -0.3 is 11.5 Å². The fraction of sp³-hybridized carbons (Fsp3) is 0.300. The number of rotatable bonds is 5. The smallest absolute Gasteiger partial charge is 0.147 e. The van der Waals surface area contributed by atoms with Crippen LogP contribution in [0.1, 0.15) is 22.4 Å². The number of fused-ring (bicyclic) bond motifs is 1. The third-order valence-corrected chi connectivity index (χ3v) is 5.81. The summed E-state index contributed by atoms with van der Waals surface area (Å²) in [5, 5.41) is 15.9. The van der Waals surface area contributed by atoms with E-state index in [1.165, 1.54) is 11.1 Å². The van der Waals surface area contributed by atoms with Gasteiger partial charge in [0.05, 0.1) is 17.8 Å². The van der Waals surface area contributed by atoms with E-state index in [2.05, 4.69) is 47.5 Å². The second-order valence-electron chi connectivity index (χ2n) is 7.05. The van der Waals surface area contributed by atoms with Crippen LogP contribution in [0, 0.1) is 13.8 Å². The number of hydrazone groups is 1. The maximum Gasteiger partial charge on any atom is 0.147 e. The van der Waals surface area contributed by atoms with Crippen LogP contribution in [0.15, 0.2) is 47.6 Å². The van der Waals surface area contributed by atoms with E-state index in [0.29, 0.717) is 6.54 Å². The molecule has 0 bridgehead atoms. The molecule has 1 aromatic heterocycles. The first kappa shape index (κ1) is 18.0. The van der Waals surface area contributed by atoms with Gasteiger partial charge in [-0.05, 0) is 38.0 Å². The van der Waals surface area contributed by atoms with Crippen LogP contribution in [0.4, 0.5) is 0 Å². The van der Waals surface area contributed by atoms with Crippen LogP contribution >= 0.6 is 11.8 Å². The minimum absolute atomic E-state index is 0.0268. The van der Waals surface area contributed by atoms with Crippen molar-refractivity contribution in [2.24, 2.45) is 16.6 Å². The molecule has 7 heteroatoms. The summed E-state index contributed by atoms with van der Waals surface area (Å²) < 4.78 is 0. The van der Waals surface area contributed by atoms with Crippen LogP contribution in [0.5, 0.6) is 0 Å². The van der Waals surface area contributed by atoms with Crippen LogP contribution < -0.4 is 11.5 Å². The number of hydrogen-bond acceptors (Lipinski definition) is 6. The Kier molecular flexibility index (Phi) is 4.90. The average molecular weight is 381 g/mol. The summed E-state index contributed by atoms with van der Waals surface area (Å²) in [7, 11) is 0. The summed E-state index contributed by atoms with van der Waals surface area (Å²) in [6.07, 6.45) is 0.805. The van der Waals surface area contributed by atoms with Crippen molar-refractivity contribution in [3.05, 3.63) is 64.8 Å². The van der Waals surface area contributed by atoms with Crippen LogP contribution in [-0.4, -0.2) is 38.3 Å². The number of aromatic amines is 1. The number of benzene rings is 2. The highest BCUT2D eigenvalue weighted by Gasteiger charge is 2.26. The van der Waals surface area contributed by atoms with Gasteiger partial charge in [-0.1, -0.05) is 47.7 Å². The number of nitrogens with one attached hydrogen (secondary N) is 1. The van der Waals surface area contributed by atoms with Crippen molar-refractivity contribution in [1.82, 2.24) is 15.2 Å². The minimum atomic E-state index is -0.217. The molecule has 2 aromatic carbocycles. The molecule has 0 spiro atoms. The number of hydrogen-bond donors (Lipinski definition) is 3. The Balaban J connectivity index is 1.47. The van der Waals surface area contributed by atoms with Crippen molar-refractivity contribution < 1.29 is 0 Å². The zero-order valence-corrected chi connectivity index (χ0v) is 16.3. The molecule has 1 unspecified atom stereocenters. The Morgan fingerprint density at radius 1 is 1.19 bits per heavy atom. The van der Waals surface area contributed by atoms with E-state index < -0.39 is 0 Å². The first-order chi connectivity index (χ1) is 13.0. The van der Waals surface area contributed by atoms with Gasteiger partial charge in [0.15, 0.2) is 0 Å². The Morgan fingerprint density at radius 3 is 2.74 bits per heavy atom. The van der Waals surface area contributed by atoms with Crippen LogP contribution in [-0.2, 0) is 6.42 Å². The Morgan fingerprint density at radius 2 is 1.96 bits per heavy atom. The molecule has 4 rings (SSSR count). The van der Waals surface area contributed by atoms with Gasteiger partial charge >= 0.3 is 0 Å². The molecule has 6 nitrogen and oxygen atoms in total. The quantitative estimate of drug-likeness (QED) is 0.632. The number of thioether (sulfide) groups is 1. The van der Waals surface area contributed by atoms with Crippen LogP contribution in [0.25, 0.3) is 10.9 Å². The molecular formula is C20H24N6S. The van der Waals surface area contributed by atoms with E-state index in [1.807, 2.05) is 24.1 Å². The predicted octanol–water partition coefficient (Wildman–Crippen LogP) is 2.70. The minimum Gasteiger partial charge on any atom is -0.326 e. The molecule has 27 heavy (non-hydrogen) atoms.